The first kappa shape index (κ1) is 16.9. The van der Waals surface area contributed by atoms with Crippen LogP contribution in [0.3, 0.4) is 0 Å². The van der Waals surface area contributed by atoms with Gasteiger partial charge >= 0.3 is 0 Å². The van der Waals surface area contributed by atoms with Gasteiger partial charge in [0.2, 0.25) is 5.91 Å². The highest BCUT2D eigenvalue weighted by atomic mass is 35.5. The zero-order valence-electron chi connectivity index (χ0n) is 12.9. The van der Waals surface area contributed by atoms with Crippen LogP contribution in [0.5, 0.6) is 0 Å². The summed E-state index contributed by atoms with van der Waals surface area (Å²) in [5, 5.41) is 4.43. The van der Waals surface area contributed by atoms with Gasteiger partial charge in [-0.3, -0.25) is 9.59 Å². The van der Waals surface area contributed by atoms with Gasteiger partial charge in [-0.25, -0.2) is 0 Å². The molecule has 1 N–H and O–H groups in total. The van der Waals surface area contributed by atoms with Crippen molar-refractivity contribution in [3.63, 3.8) is 0 Å². The Kier molecular flexibility index (Phi) is 5.53. The quantitative estimate of drug-likeness (QED) is 0.852. The second-order valence-corrected chi connectivity index (χ2v) is 6.69. The number of benzene rings is 1. The monoisotopic (exact) mass is 338 g/mol. The van der Waals surface area contributed by atoms with Gasteiger partial charge < -0.3 is 9.88 Å². The molecular formula is C16H19ClN2O2S. The second kappa shape index (κ2) is 7.20. The maximum Gasteiger partial charge on any atom is 0.251 e. The van der Waals surface area contributed by atoms with Gasteiger partial charge in [-0.1, -0.05) is 24.6 Å². The van der Waals surface area contributed by atoms with Crippen LogP contribution in [0.4, 0.5) is 0 Å². The minimum absolute atomic E-state index is 0.0258. The van der Waals surface area contributed by atoms with Crippen molar-refractivity contribution in [2.24, 2.45) is 7.05 Å². The molecule has 0 radical (unpaired) electrons. The lowest BCUT2D eigenvalue weighted by Crippen LogP contribution is -2.33. The summed E-state index contributed by atoms with van der Waals surface area (Å²) in [6.07, 6.45) is 0.893. The van der Waals surface area contributed by atoms with Crippen molar-refractivity contribution in [1.82, 2.24) is 9.88 Å². The van der Waals surface area contributed by atoms with Crippen molar-refractivity contribution in [3.8, 4) is 0 Å². The second-order valence-electron chi connectivity index (χ2n) is 5.23. The van der Waals surface area contributed by atoms with E-state index in [0.29, 0.717) is 5.02 Å². The van der Waals surface area contributed by atoms with E-state index < -0.39 is 0 Å². The summed E-state index contributed by atoms with van der Waals surface area (Å²) in [5.74, 6) is 0.261. The predicted octanol–water partition coefficient (Wildman–Crippen LogP) is 3.20. The van der Waals surface area contributed by atoms with Crippen molar-refractivity contribution in [1.29, 1.82) is 0 Å². The molecule has 0 spiro atoms. The largest absolute Gasteiger partial charge is 0.353 e. The molecule has 0 aliphatic heterocycles. The number of halogens is 1. The number of amides is 1. The first-order chi connectivity index (χ1) is 10.4. The van der Waals surface area contributed by atoms with Crippen molar-refractivity contribution < 1.29 is 4.79 Å². The van der Waals surface area contributed by atoms with E-state index in [1.165, 1.54) is 11.8 Å². The Hall–Kier alpha value is -1.46. The third-order valence-corrected chi connectivity index (χ3v) is 4.84. The van der Waals surface area contributed by atoms with E-state index in [2.05, 4.69) is 5.32 Å². The summed E-state index contributed by atoms with van der Waals surface area (Å²) in [6.45, 7) is 3.99. The molecule has 1 atom stereocenters. The van der Waals surface area contributed by atoms with Gasteiger partial charge in [-0.2, -0.15) is 0 Å². The number of hydrogen-bond donors (Lipinski definition) is 1. The van der Waals surface area contributed by atoms with E-state index in [9.17, 15) is 9.59 Å². The molecule has 4 nitrogen and oxygen atoms in total. The third-order valence-electron chi connectivity index (χ3n) is 3.55. The Labute approximate surface area is 138 Å². The van der Waals surface area contributed by atoms with E-state index in [-0.39, 0.29) is 23.3 Å². The summed E-state index contributed by atoms with van der Waals surface area (Å²) in [6, 6.07) is 7.16. The first-order valence-corrected chi connectivity index (χ1v) is 8.50. The fourth-order valence-electron chi connectivity index (χ4n) is 2.08. The number of fused-ring (bicyclic) bond motifs is 1. The summed E-state index contributed by atoms with van der Waals surface area (Å²) < 4.78 is 1.56. The average molecular weight is 339 g/mol. The Bertz CT molecular complexity index is 758. The number of nitrogens with zero attached hydrogens (tertiary/aromatic N) is 1. The molecule has 0 aliphatic rings. The summed E-state index contributed by atoms with van der Waals surface area (Å²) in [4.78, 5) is 24.7. The first-order valence-electron chi connectivity index (χ1n) is 7.13. The van der Waals surface area contributed by atoms with E-state index in [0.717, 1.165) is 22.2 Å². The van der Waals surface area contributed by atoms with Gasteiger partial charge in [0.1, 0.15) is 0 Å². The number of aromatic nitrogens is 1. The van der Waals surface area contributed by atoms with Crippen LogP contribution in [0, 0.1) is 0 Å². The molecule has 1 aromatic heterocycles. The van der Waals surface area contributed by atoms with Gasteiger partial charge in [0, 0.05) is 34.5 Å². The van der Waals surface area contributed by atoms with Crippen LogP contribution in [0.15, 0.2) is 34.0 Å². The van der Waals surface area contributed by atoms with Crippen LogP contribution in [0.2, 0.25) is 5.02 Å². The van der Waals surface area contributed by atoms with Crippen molar-refractivity contribution in [2.75, 3.05) is 5.75 Å². The van der Waals surface area contributed by atoms with Gasteiger partial charge in [0.05, 0.1) is 11.3 Å². The lowest BCUT2D eigenvalue weighted by molar-refractivity contribution is -0.119. The minimum Gasteiger partial charge on any atom is -0.353 e. The van der Waals surface area contributed by atoms with Crippen LogP contribution < -0.4 is 10.9 Å². The number of rotatable bonds is 5. The standard InChI is InChI=1S/C16H19ClN2O2S/c1-4-10(2)18-15(20)9-22-14-8-16(21)19(3)13-7-11(17)5-6-12(13)14/h5-8,10H,4,9H2,1-3H3,(H,18,20). The maximum absolute atomic E-state index is 12.0. The topological polar surface area (TPSA) is 51.1 Å². The SMILES string of the molecule is CCC(C)NC(=O)CSc1cc(=O)n(C)c2cc(Cl)ccc12. The molecule has 2 aromatic rings. The molecule has 6 heteroatoms. The van der Waals surface area contributed by atoms with E-state index in [1.54, 1.807) is 29.8 Å². The van der Waals surface area contributed by atoms with Crippen molar-refractivity contribution in [2.45, 2.75) is 31.2 Å². The van der Waals surface area contributed by atoms with E-state index >= 15 is 0 Å². The Morgan fingerprint density at radius 1 is 1.41 bits per heavy atom. The van der Waals surface area contributed by atoms with Crippen molar-refractivity contribution in [3.05, 3.63) is 39.6 Å². The van der Waals surface area contributed by atoms with Gasteiger partial charge in [0.25, 0.3) is 5.56 Å². The summed E-state index contributed by atoms with van der Waals surface area (Å²) >= 11 is 7.38. The number of thioether (sulfide) groups is 1. The lowest BCUT2D eigenvalue weighted by Gasteiger charge is -2.12. The maximum atomic E-state index is 12.0. The molecule has 0 fully saturated rings. The van der Waals surface area contributed by atoms with Crippen LogP contribution in [0.1, 0.15) is 20.3 Å². The molecular weight excluding hydrogens is 320 g/mol. The molecule has 2 rings (SSSR count). The molecule has 22 heavy (non-hydrogen) atoms. The van der Waals surface area contributed by atoms with E-state index in [1.807, 2.05) is 19.9 Å². The Balaban J connectivity index is 2.27. The fourth-order valence-corrected chi connectivity index (χ4v) is 3.13. The zero-order valence-corrected chi connectivity index (χ0v) is 14.4. The smallest absolute Gasteiger partial charge is 0.251 e. The zero-order chi connectivity index (χ0) is 16.3. The van der Waals surface area contributed by atoms with Crippen LogP contribution >= 0.6 is 23.4 Å². The number of pyridine rings is 1. The number of carbonyl (C=O) groups is 1. The van der Waals surface area contributed by atoms with Gasteiger partial charge in [-0.15, -0.1) is 11.8 Å². The van der Waals surface area contributed by atoms with Crippen LogP contribution in [-0.2, 0) is 11.8 Å². The molecule has 0 saturated carbocycles. The molecule has 1 amide bonds. The van der Waals surface area contributed by atoms with Gasteiger partial charge in [-0.05, 0) is 25.5 Å². The fraction of sp³-hybridized carbons (Fsp3) is 0.375. The van der Waals surface area contributed by atoms with Gasteiger partial charge in [0.15, 0.2) is 0 Å². The third kappa shape index (κ3) is 3.84. The van der Waals surface area contributed by atoms with E-state index in [4.69, 9.17) is 11.6 Å². The highest BCUT2D eigenvalue weighted by Gasteiger charge is 2.11. The minimum atomic E-state index is -0.111. The molecule has 1 aromatic carbocycles. The molecule has 1 heterocycles. The molecule has 0 saturated heterocycles. The Morgan fingerprint density at radius 2 is 2.14 bits per heavy atom. The summed E-state index contributed by atoms with van der Waals surface area (Å²) in [5.41, 5.74) is 0.657. The Morgan fingerprint density at radius 3 is 2.82 bits per heavy atom. The lowest BCUT2D eigenvalue weighted by atomic mass is 10.2. The number of nitrogens with one attached hydrogen (secondary N) is 1. The highest BCUT2D eigenvalue weighted by Crippen LogP contribution is 2.28. The number of hydrogen-bond acceptors (Lipinski definition) is 3. The molecule has 0 bridgehead atoms. The van der Waals surface area contributed by atoms with Crippen LogP contribution in [0.25, 0.3) is 10.9 Å². The normalized spacial score (nSPS) is 12.4. The van der Waals surface area contributed by atoms with Crippen LogP contribution in [-0.4, -0.2) is 22.3 Å². The molecule has 0 aliphatic carbocycles. The summed E-state index contributed by atoms with van der Waals surface area (Å²) in [7, 11) is 1.71. The molecule has 118 valence electrons. The highest BCUT2D eigenvalue weighted by molar-refractivity contribution is 8.00. The number of carbonyl (C=O) groups excluding carboxylic acids is 1. The average Bonchev–Trinajstić information content (AvgIpc) is 2.49. The molecule has 1 unspecified atom stereocenters. The number of aryl methyl sites for hydroxylation is 1. The predicted molar refractivity (Wildman–Crippen MR) is 92.8 cm³/mol. The van der Waals surface area contributed by atoms with Crippen molar-refractivity contribution >= 4 is 40.2 Å².